The minimum absolute atomic E-state index is 0.105. The van der Waals surface area contributed by atoms with E-state index in [4.69, 9.17) is 14.2 Å². The third-order valence-corrected chi connectivity index (χ3v) is 5.36. The summed E-state index contributed by atoms with van der Waals surface area (Å²) in [4.78, 5) is 38.7. The van der Waals surface area contributed by atoms with Gasteiger partial charge in [-0.1, -0.05) is 0 Å². The Hall–Kier alpha value is -3.75. The van der Waals surface area contributed by atoms with Crippen LogP contribution in [0.4, 0.5) is 11.4 Å². The predicted octanol–water partition coefficient (Wildman–Crippen LogP) is 1.96. The SMILES string of the molecule is COc1ccc(N2CC(C(=O)NCCC(=O)Nc3ccc4c(c3)OCCO4)CC2=O)cc1. The second-order valence-electron chi connectivity index (χ2n) is 7.55. The number of ether oxygens (including phenoxy) is 3. The fourth-order valence-electron chi connectivity index (χ4n) is 3.68. The molecular weight excluding hydrogens is 414 g/mol. The normalized spacial score (nSPS) is 17.1. The fraction of sp³-hybridized carbons (Fsp3) is 0.348. The second kappa shape index (κ2) is 9.59. The molecule has 2 aliphatic heterocycles. The van der Waals surface area contributed by atoms with Gasteiger partial charge in [0.05, 0.1) is 13.0 Å². The van der Waals surface area contributed by atoms with Crippen molar-refractivity contribution in [3.8, 4) is 17.2 Å². The molecule has 168 valence electrons. The third-order valence-electron chi connectivity index (χ3n) is 5.36. The second-order valence-corrected chi connectivity index (χ2v) is 7.55. The molecule has 3 amide bonds. The van der Waals surface area contributed by atoms with Crippen molar-refractivity contribution in [2.45, 2.75) is 12.8 Å². The van der Waals surface area contributed by atoms with E-state index in [9.17, 15) is 14.4 Å². The average molecular weight is 439 g/mol. The first-order chi connectivity index (χ1) is 15.5. The van der Waals surface area contributed by atoms with Crippen LogP contribution in [-0.4, -0.2) is 51.1 Å². The van der Waals surface area contributed by atoms with Gasteiger partial charge in [-0.15, -0.1) is 0 Å². The Morgan fingerprint density at radius 1 is 1.09 bits per heavy atom. The van der Waals surface area contributed by atoms with E-state index in [1.807, 2.05) is 0 Å². The molecule has 1 fully saturated rings. The largest absolute Gasteiger partial charge is 0.497 e. The number of hydrogen-bond donors (Lipinski definition) is 2. The van der Waals surface area contributed by atoms with Crippen LogP contribution in [0.1, 0.15) is 12.8 Å². The summed E-state index contributed by atoms with van der Waals surface area (Å²) in [7, 11) is 1.58. The van der Waals surface area contributed by atoms with Crippen LogP contribution in [0.5, 0.6) is 17.2 Å². The molecule has 1 atom stereocenters. The first-order valence-electron chi connectivity index (χ1n) is 10.4. The smallest absolute Gasteiger partial charge is 0.227 e. The molecule has 0 aliphatic carbocycles. The molecule has 9 nitrogen and oxygen atoms in total. The van der Waals surface area contributed by atoms with E-state index in [0.717, 1.165) is 5.69 Å². The molecule has 0 bridgehead atoms. The van der Waals surface area contributed by atoms with Crippen LogP contribution in [0.2, 0.25) is 0 Å². The molecule has 0 aromatic heterocycles. The number of amides is 3. The lowest BCUT2D eigenvalue weighted by atomic mass is 10.1. The molecule has 0 saturated carbocycles. The van der Waals surface area contributed by atoms with Crippen molar-refractivity contribution >= 4 is 29.1 Å². The van der Waals surface area contributed by atoms with Crippen LogP contribution in [0.15, 0.2) is 42.5 Å². The monoisotopic (exact) mass is 439 g/mol. The van der Waals surface area contributed by atoms with Crippen LogP contribution in [0.25, 0.3) is 0 Å². The lowest BCUT2D eigenvalue weighted by Gasteiger charge is -2.19. The van der Waals surface area contributed by atoms with Crippen LogP contribution in [0.3, 0.4) is 0 Å². The summed E-state index contributed by atoms with van der Waals surface area (Å²) in [6, 6.07) is 12.3. The van der Waals surface area contributed by atoms with Crippen molar-refractivity contribution in [1.29, 1.82) is 0 Å². The van der Waals surface area contributed by atoms with E-state index in [1.165, 1.54) is 0 Å². The zero-order chi connectivity index (χ0) is 22.5. The van der Waals surface area contributed by atoms with Gasteiger partial charge in [-0.25, -0.2) is 0 Å². The Morgan fingerprint density at radius 2 is 1.84 bits per heavy atom. The van der Waals surface area contributed by atoms with Gasteiger partial charge in [0.25, 0.3) is 0 Å². The van der Waals surface area contributed by atoms with Gasteiger partial charge in [0, 0.05) is 43.4 Å². The molecular formula is C23H25N3O6. The molecule has 0 spiro atoms. The number of hydrogen-bond acceptors (Lipinski definition) is 6. The lowest BCUT2D eigenvalue weighted by molar-refractivity contribution is -0.126. The first-order valence-corrected chi connectivity index (χ1v) is 10.4. The molecule has 32 heavy (non-hydrogen) atoms. The number of benzene rings is 2. The van der Waals surface area contributed by atoms with Crippen LogP contribution in [0, 0.1) is 5.92 Å². The summed E-state index contributed by atoms with van der Waals surface area (Å²) < 4.78 is 16.1. The lowest BCUT2D eigenvalue weighted by Crippen LogP contribution is -2.34. The minimum Gasteiger partial charge on any atom is -0.497 e. The summed E-state index contributed by atoms with van der Waals surface area (Å²) >= 11 is 0. The van der Waals surface area contributed by atoms with Gasteiger partial charge in [0.15, 0.2) is 11.5 Å². The number of fused-ring (bicyclic) bond motifs is 1. The van der Waals surface area contributed by atoms with Crippen LogP contribution in [-0.2, 0) is 14.4 Å². The van der Waals surface area contributed by atoms with Crippen molar-refractivity contribution in [3.05, 3.63) is 42.5 Å². The molecule has 2 aliphatic rings. The Labute approximate surface area is 185 Å². The molecule has 0 radical (unpaired) electrons. The number of anilines is 2. The molecule has 9 heteroatoms. The van der Waals surface area contributed by atoms with Gasteiger partial charge in [0.2, 0.25) is 17.7 Å². The predicted molar refractivity (Wildman–Crippen MR) is 117 cm³/mol. The maximum absolute atomic E-state index is 12.5. The zero-order valence-electron chi connectivity index (χ0n) is 17.8. The quantitative estimate of drug-likeness (QED) is 0.683. The highest BCUT2D eigenvalue weighted by Crippen LogP contribution is 2.32. The van der Waals surface area contributed by atoms with Gasteiger partial charge < -0.3 is 29.7 Å². The van der Waals surface area contributed by atoms with E-state index in [1.54, 1.807) is 54.5 Å². The van der Waals surface area contributed by atoms with Crippen LogP contribution < -0.4 is 29.7 Å². The standard InChI is InChI=1S/C23H25N3O6/c1-30-18-5-3-17(4-6-18)26-14-15(12-22(26)28)23(29)24-9-8-21(27)25-16-2-7-19-20(13-16)32-11-10-31-19/h2-7,13,15H,8-12,14H2,1H3,(H,24,29)(H,25,27). The molecule has 2 N–H and O–H groups in total. The Bertz CT molecular complexity index is 1010. The Kier molecular flexibility index (Phi) is 6.44. The van der Waals surface area contributed by atoms with E-state index in [-0.39, 0.29) is 37.1 Å². The number of carbonyl (C=O) groups is 3. The highest BCUT2D eigenvalue weighted by atomic mass is 16.6. The van der Waals surface area contributed by atoms with Gasteiger partial charge in [-0.2, -0.15) is 0 Å². The molecule has 1 saturated heterocycles. The number of carbonyl (C=O) groups excluding carboxylic acids is 3. The topological polar surface area (TPSA) is 106 Å². The van der Waals surface area contributed by atoms with Crippen molar-refractivity contribution in [1.82, 2.24) is 5.32 Å². The zero-order valence-corrected chi connectivity index (χ0v) is 17.8. The van der Waals surface area contributed by atoms with Crippen molar-refractivity contribution in [2.24, 2.45) is 5.92 Å². The number of nitrogens with zero attached hydrogens (tertiary/aromatic N) is 1. The Morgan fingerprint density at radius 3 is 2.59 bits per heavy atom. The average Bonchev–Trinajstić information content (AvgIpc) is 3.20. The van der Waals surface area contributed by atoms with Crippen molar-refractivity contribution in [2.75, 3.05) is 43.6 Å². The minimum atomic E-state index is -0.453. The maximum Gasteiger partial charge on any atom is 0.227 e. The van der Waals surface area contributed by atoms with Gasteiger partial charge in [-0.3, -0.25) is 14.4 Å². The molecule has 2 heterocycles. The molecule has 2 aromatic carbocycles. The van der Waals surface area contributed by atoms with Crippen molar-refractivity contribution < 1.29 is 28.6 Å². The third kappa shape index (κ3) is 4.93. The maximum atomic E-state index is 12.5. The molecule has 4 rings (SSSR count). The van der Waals surface area contributed by atoms with E-state index in [2.05, 4.69) is 10.6 Å². The van der Waals surface area contributed by atoms with Crippen molar-refractivity contribution in [3.63, 3.8) is 0 Å². The number of methoxy groups -OCH3 is 1. The summed E-state index contributed by atoms with van der Waals surface area (Å²) in [6.45, 7) is 1.46. The summed E-state index contributed by atoms with van der Waals surface area (Å²) in [5.41, 5.74) is 1.33. The number of rotatable bonds is 7. The summed E-state index contributed by atoms with van der Waals surface area (Å²) in [6.07, 6.45) is 0.254. The van der Waals surface area contributed by atoms with E-state index in [0.29, 0.717) is 42.7 Å². The molecule has 1 unspecified atom stereocenters. The Balaban J connectivity index is 1.23. The highest BCUT2D eigenvalue weighted by molar-refractivity contribution is 6.00. The van der Waals surface area contributed by atoms with E-state index < -0.39 is 5.92 Å². The van der Waals surface area contributed by atoms with E-state index >= 15 is 0 Å². The highest BCUT2D eigenvalue weighted by Gasteiger charge is 2.35. The van der Waals surface area contributed by atoms with Gasteiger partial charge >= 0.3 is 0 Å². The molecule has 2 aromatic rings. The van der Waals surface area contributed by atoms with Crippen LogP contribution >= 0.6 is 0 Å². The first kappa shape index (κ1) is 21.5. The fourth-order valence-corrected chi connectivity index (χ4v) is 3.68. The van der Waals surface area contributed by atoms with Gasteiger partial charge in [0.1, 0.15) is 19.0 Å². The summed E-state index contributed by atoms with van der Waals surface area (Å²) in [5, 5.41) is 5.54. The van der Waals surface area contributed by atoms with Gasteiger partial charge in [-0.05, 0) is 36.4 Å². The summed E-state index contributed by atoms with van der Waals surface area (Å²) in [5.74, 6) is 0.915. The number of nitrogens with one attached hydrogen (secondary N) is 2.